The standard InChI is InChI=1S/C26H20N2O2/c27-22-16-17-24(23(18-22)19-10-4-1-5-11-19)28(25(29)20-12-6-2-7-13-20)26(30)21-14-8-3-9-15-21/h1-18H,27H2. The molecule has 0 saturated carbocycles. The second-order valence-corrected chi connectivity index (χ2v) is 6.82. The molecule has 0 radical (unpaired) electrons. The van der Waals surface area contributed by atoms with E-state index < -0.39 is 11.8 Å². The Morgan fingerprint density at radius 2 is 1.07 bits per heavy atom. The highest BCUT2D eigenvalue weighted by atomic mass is 16.2. The summed E-state index contributed by atoms with van der Waals surface area (Å²) in [7, 11) is 0. The maximum atomic E-state index is 13.5. The van der Waals surface area contributed by atoms with Crippen molar-refractivity contribution in [2.45, 2.75) is 0 Å². The van der Waals surface area contributed by atoms with Gasteiger partial charge in [-0.3, -0.25) is 9.59 Å². The van der Waals surface area contributed by atoms with Crippen LogP contribution >= 0.6 is 0 Å². The molecule has 2 amide bonds. The normalized spacial score (nSPS) is 10.4. The molecule has 0 saturated heterocycles. The van der Waals surface area contributed by atoms with Gasteiger partial charge >= 0.3 is 0 Å². The smallest absolute Gasteiger partial charge is 0.265 e. The van der Waals surface area contributed by atoms with Crippen molar-refractivity contribution in [2.75, 3.05) is 10.6 Å². The summed E-state index contributed by atoms with van der Waals surface area (Å²) in [4.78, 5) is 28.2. The molecule has 4 aromatic rings. The molecule has 0 heterocycles. The molecule has 30 heavy (non-hydrogen) atoms. The molecule has 0 atom stereocenters. The number of rotatable bonds is 4. The van der Waals surface area contributed by atoms with Crippen LogP contribution in [-0.4, -0.2) is 11.8 Å². The first-order valence-corrected chi connectivity index (χ1v) is 9.59. The van der Waals surface area contributed by atoms with Crippen molar-refractivity contribution < 1.29 is 9.59 Å². The zero-order valence-corrected chi connectivity index (χ0v) is 16.2. The highest BCUT2D eigenvalue weighted by molar-refractivity contribution is 6.27. The van der Waals surface area contributed by atoms with E-state index in [2.05, 4.69) is 0 Å². The summed E-state index contributed by atoms with van der Waals surface area (Å²) in [5.74, 6) is -0.794. The van der Waals surface area contributed by atoms with E-state index >= 15 is 0 Å². The van der Waals surface area contributed by atoms with Crippen molar-refractivity contribution in [1.29, 1.82) is 0 Å². The molecule has 146 valence electrons. The van der Waals surface area contributed by atoms with Crippen molar-refractivity contribution in [1.82, 2.24) is 0 Å². The zero-order valence-electron chi connectivity index (χ0n) is 16.2. The maximum absolute atomic E-state index is 13.5. The molecule has 4 rings (SSSR count). The fourth-order valence-electron chi connectivity index (χ4n) is 3.33. The third-order valence-corrected chi connectivity index (χ3v) is 4.79. The number of benzene rings is 4. The molecular formula is C26H20N2O2. The van der Waals surface area contributed by atoms with Gasteiger partial charge in [0.05, 0.1) is 5.69 Å². The van der Waals surface area contributed by atoms with Crippen LogP contribution in [0, 0.1) is 0 Å². The number of nitrogens with zero attached hydrogens (tertiary/aromatic N) is 1. The summed E-state index contributed by atoms with van der Waals surface area (Å²) in [6, 6.07) is 32.4. The number of imide groups is 1. The summed E-state index contributed by atoms with van der Waals surface area (Å²) in [6.07, 6.45) is 0. The van der Waals surface area contributed by atoms with Crippen LogP contribution in [0.5, 0.6) is 0 Å². The Morgan fingerprint density at radius 1 is 0.600 bits per heavy atom. The fraction of sp³-hybridized carbons (Fsp3) is 0. The number of hydrogen-bond acceptors (Lipinski definition) is 3. The van der Waals surface area contributed by atoms with Crippen LogP contribution in [-0.2, 0) is 0 Å². The minimum absolute atomic E-state index is 0.397. The van der Waals surface area contributed by atoms with Crippen LogP contribution in [0.2, 0.25) is 0 Å². The lowest BCUT2D eigenvalue weighted by Crippen LogP contribution is -2.37. The van der Waals surface area contributed by atoms with Crippen LogP contribution in [0.1, 0.15) is 20.7 Å². The van der Waals surface area contributed by atoms with Gasteiger partial charge in [-0.1, -0.05) is 66.7 Å². The molecule has 0 unspecified atom stereocenters. The lowest BCUT2D eigenvalue weighted by Gasteiger charge is -2.24. The van der Waals surface area contributed by atoms with Gasteiger partial charge < -0.3 is 5.73 Å². The Morgan fingerprint density at radius 3 is 1.57 bits per heavy atom. The Balaban J connectivity index is 1.91. The molecule has 0 aliphatic heterocycles. The van der Waals surface area contributed by atoms with Crippen LogP contribution in [0.4, 0.5) is 11.4 Å². The van der Waals surface area contributed by atoms with Gasteiger partial charge in [0.1, 0.15) is 0 Å². The van der Waals surface area contributed by atoms with Gasteiger partial charge in [-0.25, -0.2) is 4.90 Å². The zero-order chi connectivity index (χ0) is 20.9. The lowest BCUT2D eigenvalue weighted by atomic mass is 10.0. The first kappa shape index (κ1) is 19.2. The Kier molecular flexibility index (Phi) is 5.39. The van der Waals surface area contributed by atoms with Gasteiger partial charge in [-0.05, 0) is 48.0 Å². The van der Waals surface area contributed by atoms with Crippen LogP contribution in [0.3, 0.4) is 0 Å². The van der Waals surface area contributed by atoms with E-state index in [1.54, 1.807) is 66.7 Å². The van der Waals surface area contributed by atoms with Crippen molar-refractivity contribution in [3.8, 4) is 11.1 Å². The summed E-state index contributed by atoms with van der Waals surface area (Å²) in [5.41, 5.74) is 9.52. The van der Waals surface area contributed by atoms with Gasteiger partial charge in [-0.15, -0.1) is 0 Å². The third kappa shape index (κ3) is 3.84. The van der Waals surface area contributed by atoms with Crippen molar-refractivity contribution in [2.24, 2.45) is 0 Å². The number of amides is 2. The highest BCUT2D eigenvalue weighted by Gasteiger charge is 2.28. The van der Waals surface area contributed by atoms with Crippen LogP contribution in [0.15, 0.2) is 109 Å². The molecule has 0 bridgehead atoms. The Bertz CT molecular complexity index is 1120. The van der Waals surface area contributed by atoms with E-state index in [1.165, 1.54) is 4.90 Å². The molecule has 0 fully saturated rings. The number of carbonyl (C=O) groups is 2. The average molecular weight is 392 g/mol. The Hall–Kier alpha value is -4.18. The Labute approximate surface area is 175 Å². The van der Waals surface area contributed by atoms with Crippen molar-refractivity contribution in [3.05, 3.63) is 120 Å². The summed E-state index contributed by atoms with van der Waals surface area (Å²) >= 11 is 0. The van der Waals surface area contributed by atoms with E-state index in [0.29, 0.717) is 28.1 Å². The molecule has 4 nitrogen and oxygen atoms in total. The quantitative estimate of drug-likeness (QED) is 0.372. The van der Waals surface area contributed by atoms with E-state index in [-0.39, 0.29) is 0 Å². The second kappa shape index (κ2) is 8.45. The number of hydrogen-bond donors (Lipinski definition) is 1. The molecule has 0 aromatic heterocycles. The number of carbonyl (C=O) groups excluding carboxylic acids is 2. The minimum atomic E-state index is -0.397. The van der Waals surface area contributed by atoms with Gasteiger partial charge in [-0.2, -0.15) is 0 Å². The molecule has 0 spiro atoms. The fourth-order valence-corrected chi connectivity index (χ4v) is 3.33. The predicted molar refractivity (Wildman–Crippen MR) is 120 cm³/mol. The van der Waals surface area contributed by atoms with E-state index in [0.717, 1.165) is 5.56 Å². The van der Waals surface area contributed by atoms with Crippen molar-refractivity contribution >= 4 is 23.2 Å². The molecular weight excluding hydrogens is 372 g/mol. The molecule has 0 aliphatic rings. The van der Waals surface area contributed by atoms with Gasteiger partial charge in [0, 0.05) is 22.4 Å². The first-order chi connectivity index (χ1) is 14.6. The third-order valence-electron chi connectivity index (χ3n) is 4.79. The monoisotopic (exact) mass is 392 g/mol. The molecule has 2 N–H and O–H groups in total. The SMILES string of the molecule is Nc1ccc(N(C(=O)c2ccccc2)C(=O)c2ccccc2)c(-c2ccccc2)c1. The minimum Gasteiger partial charge on any atom is -0.399 e. The van der Waals surface area contributed by atoms with Crippen molar-refractivity contribution in [3.63, 3.8) is 0 Å². The molecule has 0 aliphatic carbocycles. The van der Waals surface area contributed by atoms with Gasteiger partial charge in [0.25, 0.3) is 11.8 Å². The van der Waals surface area contributed by atoms with E-state index in [1.807, 2.05) is 42.5 Å². The number of nitrogens with two attached hydrogens (primary N) is 1. The summed E-state index contributed by atoms with van der Waals surface area (Å²) < 4.78 is 0. The predicted octanol–water partition coefficient (Wildman–Crippen LogP) is 5.42. The summed E-state index contributed by atoms with van der Waals surface area (Å²) in [6.45, 7) is 0. The van der Waals surface area contributed by atoms with Crippen LogP contribution in [0.25, 0.3) is 11.1 Å². The molecule has 4 aromatic carbocycles. The lowest BCUT2D eigenvalue weighted by molar-refractivity contribution is 0.0897. The maximum Gasteiger partial charge on any atom is 0.265 e. The van der Waals surface area contributed by atoms with Gasteiger partial charge in [0.2, 0.25) is 0 Å². The summed E-state index contributed by atoms with van der Waals surface area (Å²) in [5, 5.41) is 0. The van der Waals surface area contributed by atoms with Crippen LogP contribution < -0.4 is 10.6 Å². The largest absolute Gasteiger partial charge is 0.399 e. The van der Waals surface area contributed by atoms with E-state index in [9.17, 15) is 9.59 Å². The number of nitrogen functional groups attached to an aromatic ring is 1. The highest BCUT2D eigenvalue weighted by Crippen LogP contribution is 2.34. The average Bonchev–Trinajstić information content (AvgIpc) is 2.81. The number of anilines is 2. The second-order valence-electron chi connectivity index (χ2n) is 6.82. The first-order valence-electron chi connectivity index (χ1n) is 9.59. The topological polar surface area (TPSA) is 63.4 Å². The van der Waals surface area contributed by atoms with Gasteiger partial charge in [0.15, 0.2) is 0 Å². The molecule has 4 heteroatoms. The van der Waals surface area contributed by atoms with E-state index in [4.69, 9.17) is 5.73 Å².